The van der Waals surface area contributed by atoms with Gasteiger partial charge in [-0.1, -0.05) is 62.3 Å². The molecule has 0 saturated carbocycles. The lowest BCUT2D eigenvalue weighted by molar-refractivity contribution is 0.261. The van der Waals surface area contributed by atoms with Gasteiger partial charge in [0.15, 0.2) is 0 Å². The Morgan fingerprint density at radius 3 is 1.33 bits per heavy atom. The molecule has 0 fully saturated rings. The molecule has 0 spiro atoms. The van der Waals surface area contributed by atoms with Crippen LogP contribution in [0.15, 0.2) is 46.2 Å². The van der Waals surface area contributed by atoms with Crippen LogP contribution >= 0.6 is 23.5 Å². The van der Waals surface area contributed by atoms with Crippen LogP contribution in [0.4, 0.5) is 43.7 Å². The molecule has 0 heterocycles. The van der Waals surface area contributed by atoms with Crippen molar-refractivity contribution in [1.29, 1.82) is 0 Å². The number of thioether (sulfide) groups is 2. The van der Waals surface area contributed by atoms with Crippen LogP contribution in [0.3, 0.4) is 0 Å². The van der Waals surface area contributed by atoms with Gasteiger partial charge in [-0.2, -0.15) is 0 Å². The van der Waals surface area contributed by atoms with Gasteiger partial charge in [0.1, 0.15) is 0 Å². The summed E-state index contributed by atoms with van der Waals surface area (Å²) >= 11 is 2.95. The molecule has 11 nitrogen and oxygen atoms in total. The van der Waals surface area contributed by atoms with Crippen LogP contribution in [-0.4, -0.2) is 43.2 Å². The Morgan fingerprint density at radius 1 is 0.538 bits per heavy atom. The number of amides is 4. The van der Waals surface area contributed by atoms with E-state index in [2.05, 4.69) is 83.6 Å². The number of rotatable bonds is 13. The summed E-state index contributed by atoms with van der Waals surface area (Å²) in [4.78, 5) is 29.2. The molecule has 0 aromatic heterocycles. The third-order valence-corrected chi connectivity index (χ3v) is 10.8. The van der Waals surface area contributed by atoms with Crippen LogP contribution in [0.2, 0.25) is 0 Å². The Bertz CT molecular complexity index is 1610. The molecule has 14 N–H and O–H groups in total. The number of hydrogen-bond acceptors (Lipinski definition) is 9. The maximum atomic E-state index is 13.9. The van der Waals surface area contributed by atoms with Gasteiger partial charge in [0, 0.05) is 41.7 Å². The standard InChI is InChI=1S/C39H61N9O2S2/c1-37(2,3)23-17-27(43)26(11-10-12-40)29(19-23)45-35(49)47-31-21-25(39(7,8)9)22-32(34(31)52-16-14-42)48-36(50)46-30-20-24(38(4,5)6)18-28(44)33(30)51-15-13-41/h17-22H,10-16,40-44H2,1-9H3,(H2,45,47,49)(H2,46,48,50). The minimum atomic E-state index is -0.449. The molecule has 0 aliphatic carbocycles. The highest BCUT2D eigenvalue weighted by Gasteiger charge is 2.24. The summed E-state index contributed by atoms with van der Waals surface area (Å²) in [6, 6.07) is 10.9. The first-order valence-corrected chi connectivity index (χ1v) is 19.7. The quantitative estimate of drug-likeness (QED) is 0.0610. The highest BCUT2D eigenvalue weighted by Crippen LogP contribution is 2.41. The maximum Gasteiger partial charge on any atom is 0.323 e. The molecule has 0 radical (unpaired) electrons. The number of carbonyl (C=O) groups is 2. The fourth-order valence-electron chi connectivity index (χ4n) is 5.41. The third-order valence-electron chi connectivity index (χ3n) is 8.44. The van der Waals surface area contributed by atoms with Crippen LogP contribution in [0.5, 0.6) is 0 Å². The smallest absolute Gasteiger partial charge is 0.323 e. The SMILES string of the molecule is CC(C)(C)c1cc(N)c(CCCN)c(NC(=O)Nc2cc(C(C)(C)C)cc(NC(=O)Nc3cc(C(C)(C)C)cc(N)c3SCCN)c2SCCN)c1. The summed E-state index contributed by atoms with van der Waals surface area (Å²) in [5.41, 5.74) is 37.2. The molecule has 4 amide bonds. The van der Waals surface area contributed by atoms with Crippen molar-refractivity contribution in [3.63, 3.8) is 0 Å². The van der Waals surface area contributed by atoms with Crippen LogP contribution in [0.25, 0.3) is 0 Å². The van der Waals surface area contributed by atoms with E-state index in [9.17, 15) is 9.59 Å². The second kappa shape index (κ2) is 17.9. The number of anilines is 6. The predicted molar refractivity (Wildman–Crippen MR) is 226 cm³/mol. The van der Waals surface area contributed by atoms with E-state index in [1.165, 1.54) is 23.5 Å². The van der Waals surface area contributed by atoms with E-state index in [-0.39, 0.29) is 16.2 Å². The Morgan fingerprint density at radius 2 is 0.904 bits per heavy atom. The fraction of sp³-hybridized carbons (Fsp3) is 0.487. The van der Waals surface area contributed by atoms with Crippen molar-refractivity contribution in [3.8, 4) is 0 Å². The van der Waals surface area contributed by atoms with Gasteiger partial charge in [-0.3, -0.25) is 0 Å². The van der Waals surface area contributed by atoms with Gasteiger partial charge in [-0.05, 0) is 94.3 Å². The summed E-state index contributed by atoms with van der Waals surface area (Å²) in [7, 11) is 0. The van der Waals surface area contributed by atoms with Crippen LogP contribution in [0, 0.1) is 0 Å². The van der Waals surface area contributed by atoms with Crippen LogP contribution in [0.1, 0.15) is 91.0 Å². The van der Waals surface area contributed by atoms with E-state index in [4.69, 9.17) is 28.7 Å². The Balaban J connectivity index is 2.07. The monoisotopic (exact) mass is 751 g/mol. The first-order valence-electron chi connectivity index (χ1n) is 17.8. The van der Waals surface area contributed by atoms with E-state index in [1.54, 1.807) is 0 Å². The average Bonchev–Trinajstić information content (AvgIpc) is 3.02. The van der Waals surface area contributed by atoms with Gasteiger partial charge < -0.3 is 49.9 Å². The zero-order valence-electron chi connectivity index (χ0n) is 32.4. The lowest BCUT2D eigenvalue weighted by atomic mass is 9.85. The van der Waals surface area contributed by atoms with Crippen LogP contribution < -0.4 is 49.9 Å². The van der Waals surface area contributed by atoms with Crippen molar-refractivity contribution in [2.24, 2.45) is 17.2 Å². The molecule has 0 saturated heterocycles. The lowest BCUT2D eigenvalue weighted by Gasteiger charge is -2.26. The van der Waals surface area contributed by atoms with Gasteiger partial charge in [0.2, 0.25) is 0 Å². The minimum absolute atomic E-state index is 0.189. The zero-order chi connectivity index (χ0) is 39.0. The zero-order valence-corrected chi connectivity index (χ0v) is 34.1. The molecule has 3 aromatic rings. The fourth-order valence-corrected chi connectivity index (χ4v) is 7.08. The van der Waals surface area contributed by atoms with Crippen LogP contribution in [-0.2, 0) is 22.7 Å². The highest BCUT2D eigenvalue weighted by molar-refractivity contribution is 7.99. The first-order chi connectivity index (χ1) is 24.2. The molecule has 0 bridgehead atoms. The molecular weight excluding hydrogens is 691 g/mol. The molecule has 3 aromatic carbocycles. The third kappa shape index (κ3) is 11.7. The van der Waals surface area contributed by atoms with E-state index in [0.29, 0.717) is 76.6 Å². The summed E-state index contributed by atoms with van der Waals surface area (Å²) in [5.74, 6) is 1.19. The maximum absolute atomic E-state index is 13.9. The van der Waals surface area contributed by atoms with Gasteiger partial charge in [0.25, 0.3) is 0 Å². The minimum Gasteiger partial charge on any atom is -0.398 e. The molecule has 0 unspecified atom stereocenters. The van der Waals surface area contributed by atoms with Gasteiger partial charge in [0.05, 0.1) is 26.9 Å². The molecule has 0 aliphatic rings. The topological polar surface area (TPSA) is 212 Å². The first kappa shape index (κ1) is 42.8. The van der Waals surface area contributed by atoms with E-state index in [1.807, 2.05) is 36.4 Å². The van der Waals surface area contributed by atoms with Gasteiger partial charge in [-0.15, -0.1) is 23.5 Å². The summed E-state index contributed by atoms with van der Waals surface area (Å²) in [5, 5.41) is 12.3. The van der Waals surface area contributed by atoms with Crippen molar-refractivity contribution in [3.05, 3.63) is 58.7 Å². The van der Waals surface area contributed by atoms with E-state index < -0.39 is 12.1 Å². The molecule has 3 rings (SSSR count). The summed E-state index contributed by atoms with van der Waals surface area (Å²) in [6.45, 7) is 20.2. The van der Waals surface area contributed by atoms with Gasteiger partial charge in [-0.25, -0.2) is 9.59 Å². The number of nitrogens with one attached hydrogen (secondary N) is 4. The Hall–Kier alpha value is -3.62. The lowest BCUT2D eigenvalue weighted by Crippen LogP contribution is -2.25. The normalized spacial score (nSPS) is 12.1. The average molecular weight is 752 g/mol. The number of carbonyl (C=O) groups excluding carboxylic acids is 2. The van der Waals surface area contributed by atoms with Gasteiger partial charge >= 0.3 is 12.1 Å². The molecular formula is C39H61N9O2S2. The second-order valence-electron chi connectivity index (χ2n) is 16.0. The Labute approximate surface area is 319 Å². The molecule has 52 heavy (non-hydrogen) atoms. The van der Waals surface area contributed by atoms with Crippen molar-refractivity contribution >= 4 is 69.7 Å². The van der Waals surface area contributed by atoms with Crippen molar-refractivity contribution in [2.75, 3.05) is 63.9 Å². The number of benzene rings is 3. The largest absolute Gasteiger partial charge is 0.398 e. The summed E-state index contributed by atoms with van der Waals surface area (Å²) < 4.78 is 0. The van der Waals surface area contributed by atoms with Crippen molar-refractivity contribution < 1.29 is 9.59 Å². The predicted octanol–water partition coefficient (Wildman–Crippen LogP) is 8.02. The number of nitrogens with two attached hydrogens (primary N) is 5. The second-order valence-corrected chi connectivity index (χ2v) is 18.2. The Kier molecular flexibility index (Phi) is 14.8. The van der Waals surface area contributed by atoms with Crippen molar-refractivity contribution in [1.82, 2.24) is 0 Å². The van der Waals surface area contributed by atoms with E-state index in [0.717, 1.165) is 33.6 Å². The van der Waals surface area contributed by atoms with E-state index >= 15 is 0 Å². The number of nitrogen functional groups attached to an aromatic ring is 2. The molecule has 13 heteroatoms. The highest BCUT2D eigenvalue weighted by atomic mass is 32.2. The summed E-state index contributed by atoms with van der Waals surface area (Å²) in [6.07, 6.45) is 1.35. The number of hydrogen-bond donors (Lipinski definition) is 9. The van der Waals surface area contributed by atoms with Crippen molar-refractivity contribution in [2.45, 2.75) is 101 Å². The number of urea groups is 2. The molecule has 0 aliphatic heterocycles. The molecule has 286 valence electrons. The molecule has 0 atom stereocenters.